The standard InChI is InChI=1S/C21H24BrF3N4O/c1-2-14-10-6-7-11-28(14)20(30)18-17(22)19-26-15(13-8-4-3-5-9-13)12-16(21(23,24)25)29(19)27-18/h3-5,8-9,14-16,26H,2,6-7,10-12H2,1H3/t14-,15+,16-/m1/s1. The SMILES string of the molecule is CC[C@@H]1CCCCN1C(=O)c1nn2c(c1Br)N[C@H](c1ccccc1)C[C@@H]2C(F)(F)F. The van der Waals surface area contributed by atoms with Crippen molar-refractivity contribution in [3.8, 4) is 0 Å². The molecule has 1 N–H and O–H groups in total. The van der Waals surface area contributed by atoms with E-state index in [-0.39, 0.29) is 29.9 Å². The highest BCUT2D eigenvalue weighted by molar-refractivity contribution is 9.10. The summed E-state index contributed by atoms with van der Waals surface area (Å²) in [6, 6.07) is 6.80. The minimum atomic E-state index is -4.48. The van der Waals surface area contributed by atoms with Crippen molar-refractivity contribution in [2.75, 3.05) is 11.9 Å². The number of aromatic nitrogens is 2. The van der Waals surface area contributed by atoms with Crippen LogP contribution in [0, 0.1) is 0 Å². The van der Waals surface area contributed by atoms with Gasteiger partial charge in [0.2, 0.25) is 0 Å². The van der Waals surface area contributed by atoms with Crippen molar-refractivity contribution < 1.29 is 18.0 Å². The average molecular weight is 485 g/mol. The van der Waals surface area contributed by atoms with E-state index in [2.05, 4.69) is 26.3 Å². The summed E-state index contributed by atoms with van der Waals surface area (Å²) < 4.78 is 43.0. The molecule has 2 aliphatic heterocycles. The van der Waals surface area contributed by atoms with Crippen LogP contribution in [0.1, 0.15) is 67.2 Å². The van der Waals surface area contributed by atoms with E-state index in [1.165, 1.54) is 0 Å². The third-order valence-corrected chi connectivity index (χ3v) is 6.81. The minimum Gasteiger partial charge on any atom is -0.362 e. The molecule has 9 heteroatoms. The van der Waals surface area contributed by atoms with Crippen LogP contribution in [-0.4, -0.2) is 39.4 Å². The van der Waals surface area contributed by atoms with E-state index in [1.807, 2.05) is 13.0 Å². The summed E-state index contributed by atoms with van der Waals surface area (Å²) in [5, 5.41) is 7.34. The molecule has 5 nitrogen and oxygen atoms in total. The molecular formula is C21H24BrF3N4O. The van der Waals surface area contributed by atoms with Crippen LogP contribution in [0.25, 0.3) is 0 Å². The number of fused-ring (bicyclic) bond motifs is 1. The second-order valence-corrected chi connectivity index (χ2v) is 8.71. The van der Waals surface area contributed by atoms with Crippen molar-refractivity contribution in [2.45, 2.75) is 63.3 Å². The quantitative estimate of drug-likeness (QED) is 0.606. The number of halogens is 4. The lowest BCUT2D eigenvalue weighted by molar-refractivity contribution is -0.173. The molecule has 4 rings (SSSR count). The summed E-state index contributed by atoms with van der Waals surface area (Å²) in [6.45, 7) is 2.63. The number of hydrogen-bond acceptors (Lipinski definition) is 3. The molecule has 2 aliphatic rings. The lowest BCUT2D eigenvalue weighted by Crippen LogP contribution is -2.43. The summed E-state index contributed by atoms with van der Waals surface area (Å²) in [5.74, 6) is -0.111. The molecule has 0 spiro atoms. The predicted octanol–water partition coefficient (Wildman–Crippen LogP) is 5.71. The molecule has 0 aliphatic carbocycles. The van der Waals surface area contributed by atoms with Crippen molar-refractivity contribution in [1.29, 1.82) is 0 Å². The molecule has 1 fully saturated rings. The van der Waals surface area contributed by atoms with Gasteiger partial charge in [0.25, 0.3) is 5.91 Å². The Balaban J connectivity index is 1.72. The number of piperidine rings is 1. The van der Waals surface area contributed by atoms with Crippen LogP contribution in [0.2, 0.25) is 0 Å². The third kappa shape index (κ3) is 3.84. The molecule has 0 saturated carbocycles. The molecule has 1 aromatic carbocycles. The van der Waals surface area contributed by atoms with Crippen LogP contribution in [0.3, 0.4) is 0 Å². The zero-order valence-electron chi connectivity index (χ0n) is 16.6. The fourth-order valence-corrected chi connectivity index (χ4v) is 5.00. The number of amides is 1. The van der Waals surface area contributed by atoms with Gasteiger partial charge in [0.15, 0.2) is 11.7 Å². The van der Waals surface area contributed by atoms with Gasteiger partial charge in [0.1, 0.15) is 5.82 Å². The summed E-state index contributed by atoms with van der Waals surface area (Å²) in [4.78, 5) is 15.0. The van der Waals surface area contributed by atoms with E-state index < -0.39 is 18.3 Å². The number of nitrogens with zero attached hydrogens (tertiary/aromatic N) is 3. The largest absolute Gasteiger partial charge is 0.410 e. The van der Waals surface area contributed by atoms with Gasteiger partial charge in [-0.15, -0.1) is 0 Å². The van der Waals surface area contributed by atoms with E-state index in [1.54, 1.807) is 29.2 Å². The Morgan fingerprint density at radius 3 is 2.67 bits per heavy atom. The zero-order chi connectivity index (χ0) is 21.5. The number of anilines is 1. The second kappa shape index (κ2) is 8.24. The number of carbonyl (C=O) groups excluding carboxylic acids is 1. The number of alkyl halides is 3. The Labute approximate surface area is 181 Å². The molecule has 0 bridgehead atoms. The third-order valence-electron chi connectivity index (χ3n) is 6.06. The van der Waals surface area contributed by atoms with E-state index in [0.717, 1.165) is 35.9 Å². The summed E-state index contributed by atoms with van der Waals surface area (Å²) in [6.07, 6.45) is -0.994. The second-order valence-electron chi connectivity index (χ2n) is 7.91. The van der Waals surface area contributed by atoms with E-state index >= 15 is 0 Å². The van der Waals surface area contributed by atoms with Gasteiger partial charge in [0, 0.05) is 19.0 Å². The first-order chi connectivity index (χ1) is 14.3. The molecule has 0 unspecified atom stereocenters. The van der Waals surface area contributed by atoms with E-state index in [0.29, 0.717) is 11.0 Å². The summed E-state index contributed by atoms with van der Waals surface area (Å²) in [7, 11) is 0. The molecule has 2 aromatic rings. The van der Waals surface area contributed by atoms with E-state index in [4.69, 9.17) is 0 Å². The van der Waals surface area contributed by atoms with Crippen molar-refractivity contribution in [2.24, 2.45) is 0 Å². The molecule has 162 valence electrons. The molecule has 1 saturated heterocycles. The number of benzene rings is 1. The summed E-state index contributed by atoms with van der Waals surface area (Å²) in [5.41, 5.74) is 0.807. The number of hydrogen-bond donors (Lipinski definition) is 1. The predicted molar refractivity (Wildman–Crippen MR) is 111 cm³/mol. The van der Waals surface area contributed by atoms with Gasteiger partial charge in [-0.05, 0) is 47.2 Å². The molecule has 3 atom stereocenters. The zero-order valence-corrected chi connectivity index (χ0v) is 18.2. The van der Waals surface area contributed by atoms with Crippen LogP contribution in [0.15, 0.2) is 34.8 Å². The van der Waals surface area contributed by atoms with Crippen LogP contribution in [-0.2, 0) is 0 Å². The lowest BCUT2D eigenvalue weighted by Gasteiger charge is -2.34. The first-order valence-corrected chi connectivity index (χ1v) is 11.1. The first-order valence-electron chi connectivity index (χ1n) is 10.3. The lowest BCUT2D eigenvalue weighted by atomic mass is 9.97. The maximum Gasteiger partial charge on any atom is 0.410 e. The monoisotopic (exact) mass is 484 g/mol. The summed E-state index contributed by atoms with van der Waals surface area (Å²) >= 11 is 3.38. The Kier molecular flexibility index (Phi) is 5.83. The highest BCUT2D eigenvalue weighted by Crippen LogP contribution is 2.46. The Morgan fingerprint density at radius 2 is 2.00 bits per heavy atom. The van der Waals surface area contributed by atoms with Crippen molar-refractivity contribution in [1.82, 2.24) is 14.7 Å². The fraction of sp³-hybridized carbons (Fsp3) is 0.524. The van der Waals surface area contributed by atoms with Crippen molar-refractivity contribution in [3.63, 3.8) is 0 Å². The Hall–Kier alpha value is -2.03. The average Bonchev–Trinajstić information content (AvgIpc) is 3.09. The molecule has 3 heterocycles. The van der Waals surface area contributed by atoms with Crippen LogP contribution in [0.4, 0.5) is 19.0 Å². The van der Waals surface area contributed by atoms with Gasteiger partial charge in [-0.25, -0.2) is 4.68 Å². The number of likely N-dealkylation sites (tertiary alicyclic amines) is 1. The van der Waals surface area contributed by atoms with Crippen LogP contribution < -0.4 is 5.32 Å². The van der Waals surface area contributed by atoms with E-state index in [9.17, 15) is 18.0 Å². The van der Waals surface area contributed by atoms with Gasteiger partial charge in [-0.3, -0.25) is 4.79 Å². The van der Waals surface area contributed by atoms with Crippen molar-refractivity contribution in [3.05, 3.63) is 46.1 Å². The molecule has 30 heavy (non-hydrogen) atoms. The number of rotatable bonds is 3. The normalized spacial score (nSPS) is 24.3. The Morgan fingerprint density at radius 1 is 1.27 bits per heavy atom. The number of carbonyl (C=O) groups is 1. The molecule has 0 radical (unpaired) electrons. The maximum absolute atomic E-state index is 13.9. The van der Waals surface area contributed by atoms with Crippen LogP contribution >= 0.6 is 15.9 Å². The highest BCUT2D eigenvalue weighted by atomic mass is 79.9. The van der Waals surface area contributed by atoms with Crippen molar-refractivity contribution >= 4 is 27.7 Å². The van der Waals surface area contributed by atoms with Gasteiger partial charge in [0.05, 0.1) is 10.5 Å². The molecular weight excluding hydrogens is 461 g/mol. The van der Waals surface area contributed by atoms with Gasteiger partial charge in [-0.2, -0.15) is 18.3 Å². The topological polar surface area (TPSA) is 50.2 Å². The maximum atomic E-state index is 13.9. The minimum absolute atomic E-state index is 0.0424. The fourth-order valence-electron chi connectivity index (χ4n) is 4.46. The van der Waals surface area contributed by atoms with Gasteiger partial charge < -0.3 is 10.2 Å². The van der Waals surface area contributed by atoms with Gasteiger partial charge in [-0.1, -0.05) is 37.3 Å². The molecule has 1 amide bonds. The Bertz CT molecular complexity index is 915. The smallest absolute Gasteiger partial charge is 0.362 e. The highest BCUT2D eigenvalue weighted by Gasteiger charge is 2.48. The first kappa shape index (κ1) is 21.2. The van der Waals surface area contributed by atoms with Crippen LogP contribution in [0.5, 0.6) is 0 Å². The molecule has 1 aromatic heterocycles. The number of nitrogens with one attached hydrogen (secondary N) is 1. The van der Waals surface area contributed by atoms with Gasteiger partial charge >= 0.3 is 6.18 Å².